The molecule has 320 valence electrons. The third kappa shape index (κ3) is 11.0. The Hall–Kier alpha value is -5.49. The Morgan fingerprint density at radius 3 is 2.40 bits per heavy atom. The van der Waals surface area contributed by atoms with Gasteiger partial charge >= 0.3 is 6.01 Å². The molecule has 1 atom stereocenters. The van der Waals surface area contributed by atoms with Crippen molar-refractivity contribution >= 4 is 40.9 Å². The normalized spacial score (nSPS) is 17.4. The summed E-state index contributed by atoms with van der Waals surface area (Å²) >= 11 is 0. The zero-order valence-electron chi connectivity index (χ0n) is 34.6. The predicted octanol–water partition coefficient (Wildman–Crippen LogP) is 3.71. The van der Waals surface area contributed by atoms with Crippen molar-refractivity contribution in [3.05, 3.63) is 76.5 Å². The number of nitrogens with one attached hydrogen (secondary N) is 3. The molecule has 0 saturated carbocycles. The number of amides is 4. The van der Waals surface area contributed by atoms with Gasteiger partial charge in [-0.2, -0.15) is 19.6 Å². The van der Waals surface area contributed by atoms with Gasteiger partial charge in [0.2, 0.25) is 23.7 Å². The van der Waals surface area contributed by atoms with Gasteiger partial charge in [0, 0.05) is 56.0 Å². The van der Waals surface area contributed by atoms with E-state index in [2.05, 4.69) is 46.8 Å². The van der Waals surface area contributed by atoms with Crippen molar-refractivity contribution in [2.24, 2.45) is 0 Å². The van der Waals surface area contributed by atoms with Crippen LogP contribution in [0.3, 0.4) is 0 Å². The Kier molecular flexibility index (Phi) is 14.3. The fourth-order valence-corrected chi connectivity index (χ4v) is 7.55. The fourth-order valence-electron chi connectivity index (χ4n) is 7.55. The molecular formula is C43H55N9O8. The third-order valence-corrected chi connectivity index (χ3v) is 10.9. The minimum absolute atomic E-state index is 0.0724. The number of aryl methyl sites for hydroxylation is 1. The molecule has 0 bridgehead atoms. The summed E-state index contributed by atoms with van der Waals surface area (Å²) < 4.78 is 24.8. The van der Waals surface area contributed by atoms with Crippen LogP contribution in [-0.4, -0.2) is 125 Å². The number of benzene rings is 2. The first-order valence-corrected chi connectivity index (χ1v) is 20.8. The highest BCUT2D eigenvalue weighted by atomic mass is 16.5. The molecule has 1 unspecified atom stereocenters. The maximum Gasteiger partial charge on any atom is 0.322 e. The van der Waals surface area contributed by atoms with Crippen LogP contribution in [0.2, 0.25) is 0 Å². The van der Waals surface area contributed by atoms with Gasteiger partial charge in [0.15, 0.2) is 5.65 Å². The Bertz CT molecular complexity index is 2130. The maximum absolute atomic E-state index is 12.9. The Morgan fingerprint density at radius 2 is 1.65 bits per heavy atom. The van der Waals surface area contributed by atoms with Crippen molar-refractivity contribution in [2.75, 3.05) is 70.4 Å². The van der Waals surface area contributed by atoms with Gasteiger partial charge in [-0.25, -0.2) is 0 Å². The van der Waals surface area contributed by atoms with Crippen LogP contribution in [0.5, 0.6) is 6.01 Å². The highest BCUT2D eigenvalue weighted by Crippen LogP contribution is 2.29. The van der Waals surface area contributed by atoms with Gasteiger partial charge in [-0.15, -0.1) is 0 Å². The summed E-state index contributed by atoms with van der Waals surface area (Å²) in [5.74, 6) is -0.347. The van der Waals surface area contributed by atoms with E-state index in [1.807, 2.05) is 48.7 Å². The molecule has 2 aromatic carbocycles. The monoisotopic (exact) mass is 825 g/mol. The number of rotatable bonds is 20. The number of carbonyl (C=O) groups excluding carboxylic acids is 4. The molecule has 17 heteroatoms. The number of fused-ring (bicyclic) bond motifs is 2. The second-order valence-corrected chi connectivity index (χ2v) is 15.8. The van der Waals surface area contributed by atoms with Crippen molar-refractivity contribution in [3.8, 4) is 6.01 Å². The molecular weight excluding hydrogens is 771 g/mol. The van der Waals surface area contributed by atoms with E-state index in [-0.39, 0.29) is 49.4 Å². The lowest BCUT2D eigenvalue weighted by molar-refractivity contribution is -0.137. The van der Waals surface area contributed by atoms with Crippen LogP contribution in [-0.2, 0) is 48.1 Å². The molecule has 4 amide bonds. The standard InChI is InChI=1S/C43H55N9O8/c1-28(2)35-25-45-52-39(35)48-43(60-33-14-16-50(3)17-15-33)49-42(52)44-24-30-6-9-32(10-7-30)46-38(54)27-59-22-21-58-20-19-57-18-4-5-29-8-11-34-31(23-29)26-51(41(34)56)36-12-13-37(53)47-40(36)55/h6-11,23,25,28,33,36H,4-5,12-22,24,26-27H2,1-3H3,(H,46,54)(H,44,48,49)(H,47,53,55). The molecule has 5 heterocycles. The molecule has 2 saturated heterocycles. The quantitative estimate of drug-likeness (QED) is 0.0865. The number of ether oxygens (including phenoxy) is 4. The molecule has 0 radical (unpaired) electrons. The van der Waals surface area contributed by atoms with Crippen LogP contribution >= 0.6 is 0 Å². The highest BCUT2D eigenvalue weighted by Gasteiger charge is 2.39. The summed E-state index contributed by atoms with van der Waals surface area (Å²) in [6, 6.07) is 13.1. The van der Waals surface area contributed by atoms with Gasteiger partial charge in [0.05, 0.1) is 32.6 Å². The van der Waals surface area contributed by atoms with E-state index >= 15 is 0 Å². The lowest BCUT2D eigenvalue weighted by Crippen LogP contribution is -2.52. The minimum Gasteiger partial charge on any atom is -0.460 e. The number of aromatic nitrogens is 4. The van der Waals surface area contributed by atoms with Crippen LogP contribution in [0.4, 0.5) is 11.6 Å². The van der Waals surface area contributed by atoms with E-state index in [1.165, 1.54) is 0 Å². The van der Waals surface area contributed by atoms with Crippen molar-refractivity contribution in [1.82, 2.24) is 34.7 Å². The minimum atomic E-state index is -0.617. The van der Waals surface area contributed by atoms with Gasteiger partial charge in [-0.05, 0) is 80.0 Å². The van der Waals surface area contributed by atoms with Crippen LogP contribution in [0.15, 0.2) is 48.7 Å². The Labute approximate surface area is 349 Å². The molecule has 7 rings (SSSR count). The summed E-state index contributed by atoms with van der Waals surface area (Å²) in [4.78, 5) is 62.5. The van der Waals surface area contributed by atoms with Gasteiger partial charge in [0.1, 0.15) is 18.8 Å². The number of carbonyl (C=O) groups is 4. The highest BCUT2D eigenvalue weighted by molar-refractivity contribution is 6.05. The molecule has 60 heavy (non-hydrogen) atoms. The fraction of sp³-hybridized carbons (Fsp3) is 0.512. The van der Waals surface area contributed by atoms with E-state index in [9.17, 15) is 19.2 Å². The number of likely N-dealkylation sites (tertiary alicyclic amines) is 1. The average Bonchev–Trinajstić information content (AvgIpc) is 3.81. The smallest absolute Gasteiger partial charge is 0.322 e. The van der Waals surface area contributed by atoms with Crippen molar-refractivity contribution in [2.45, 2.75) is 83.5 Å². The summed E-state index contributed by atoms with van der Waals surface area (Å²) in [7, 11) is 2.12. The second-order valence-electron chi connectivity index (χ2n) is 15.8. The number of nitrogens with zero attached hydrogens (tertiary/aromatic N) is 6. The lowest BCUT2D eigenvalue weighted by Gasteiger charge is -2.29. The molecule has 3 N–H and O–H groups in total. The summed E-state index contributed by atoms with van der Waals surface area (Å²) in [5.41, 5.74) is 6.01. The van der Waals surface area contributed by atoms with Crippen molar-refractivity contribution in [3.63, 3.8) is 0 Å². The molecule has 4 aromatic rings. The Morgan fingerprint density at radius 1 is 0.917 bits per heavy atom. The third-order valence-electron chi connectivity index (χ3n) is 10.9. The zero-order chi connectivity index (χ0) is 42.0. The largest absolute Gasteiger partial charge is 0.460 e. The van der Waals surface area contributed by atoms with Crippen molar-refractivity contribution in [1.29, 1.82) is 0 Å². The van der Waals surface area contributed by atoms with Gasteiger partial charge in [-0.3, -0.25) is 24.5 Å². The first-order valence-electron chi connectivity index (χ1n) is 20.8. The summed E-state index contributed by atoms with van der Waals surface area (Å²) in [6.45, 7) is 8.94. The van der Waals surface area contributed by atoms with Crippen LogP contribution < -0.4 is 20.7 Å². The van der Waals surface area contributed by atoms with Gasteiger partial charge in [-0.1, -0.05) is 38.1 Å². The molecule has 2 aromatic heterocycles. The van der Waals surface area contributed by atoms with Gasteiger partial charge in [0.25, 0.3) is 5.91 Å². The van der Waals surface area contributed by atoms with Crippen LogP contribution in [0.25, 0.3) is 5.65 Å². The Balaban J connectivity index is 0.747. The molecule has 0 aliphatic carbocycles. The van der Waals surface area contributed by atoms with E-state index in [1.54, 1.807) is 9.42 Å². The summed E-state index contributed by atoms with van der Waals surface area (Å²) in [6.07, 6.45) is 5.93. The van der Waals surface area contributed by atoms with E-state index in [4.69, 9.17) is 28.9 Å². The number of hydrogen-bond acceptors (Lipinski definition) is 13. The molecule has 0 spiro atoms. The van der Waals surface area contributed by atoms with E-state index < -0.39 is 11.9 Å². The van der Waals surface area contributed by atoms with Crippen LogP contribution in [0, 0.1) is 0 Å². The first kappa shape index (κ1) is 42.6. The average molecular weight is 826 g/mol. The molecule has 17 nitrogen and oxygen atoms in total. The van der Waals surface area contributed by atoms with E-state index in [0.29, 0.717) is 69.1 Å². The molecule has 3 aliphatic rings. The SMILES string of the molecule is CC(C)c1cnn2c(NCc3ccc(NC(=O)COCCOCCOCCCc4ccc5c(c4)CN(C4CCC(=O)NC4=O)C5=O)cc3)nc(OC3CCN(C)CC3)nc12. The topological polar surface area (TPSA) is 191 Å². The molecule has 2 fully saturated rings. The summed E-state index contributed by atoms with van der Waals surface area (Å²) in [5, 5.41) is 13.2. The molecule has 3 aliphatic heterocycles. The lowest BCUT2D eigenvalue weighted by atomic mass is 10.0. The number of anilines is 2. The maximum atomic E-state index is 12.9. The number of piperidine rings is 2. The van der Waals surface area contributed by atoms with Crippen molar-refractivity contribution < 1.29 is 38.1 Å². The second kappa shape index (κ2) is 20.2. The number of hydrogen-bond donors (Lipinski definition) is 3. The van der Waals surface area contributed by atoms with E-state index in [0.717, 1.165) is 66.7 Å². The van der Waals surface area contributed by atoms with Gasteiger partial charge < -0.3 is 39.4 Å². The zero-order valence-corrected chi connectivity index (χ0v) is 34.6. The number of imide groups is 1. The predicted molar refractivity (Wildman–Crippen MR) is 222 cm³/mol. The first-order chi connectivity index (χ1) is 29.1. The van der Waals surface area contributed by atoms with Crippen LogP contribution in [0.1, 0.15) is 84.5 Å².